The van der Waals surface area contributed by atoms with E-state index in [-0.39, 0.29) is 11.5 Å². The summed E-state index contributed by atoms with van der Waals surface area (Å²) in [7, 11) is 0. The second-order valence-corrected chi connectivity index (χ2v) is 9.36. The van der Waals surface area contributed by atoms with Crippen LogP contribution in [0.25, 0.3) is 0 Å². The molecule has 2 heteroatoms. The Hall–Kier alpha value is -0.370. The van der Waals surface area contributed by atoms with Crippen LogP contribution >= 0.6 is 0 Å². The van der Waals surface area contributed by atoms with Crippen LogP contribution in [0.1, 0.15) is 78.1 Å². The Morgan fingerprint density at radius 3 is 2.64 bits per heavy atom. The van der Waals surface area contributed by atoms with Crippen molar-refractivity contribution in [3.63, 3.8) is 0 Å². The Morgan fingerprint density at radius 2 is 1.82 bits per heavy atom. The van der Waals surface area contributed by atoms with Gasteiger partial charge in [-0.15, -0.1) is 0 Å². The van der Waals surface area contributed by atoms with Gasteiger partial charge in [0, 0.05) is 11.8 Å². The van der Waals surface area contributed by atoms with Crippen LogP contribution in [0.3, 0.4) is 0 Å². The van der Waals surface area contributed by atoms with Crippen LogP contribution in [0.2, 0.25) is 0 Å². The smallest absolute Gasteiger partial charge is 0.139 e. The predicted octanol–water partition coefficient (Wildman–Crippen LogP) is 4.35. The van der Waals surface area contributed by atoms with Crippen molar-refractivity contribution >= 4 is 5.78 Å². The highest BCUT2D eigenvalue weighted by molar-refractivity contribution is 5.85. The maximum atomic E-state index is 12.6. The molecule has 1 N–H and O–H groups in total. The largest absolute Gasteiger partial charge is 0.393 e. The Bertz CT molecular complexity index is 472. The summed E-state index contributed by atoms with van der Waals surface area (Å²) >= 11 is 0. The molecule has 0 aliphatic heterocycles. The summed E-state index contributed by atoms with van der Waals surface area (Å²) in [5.74, 6) is 3.52. The number of hydrogen-bond donors (Lipinski definition) is 1. The fourth-order valence-electron chi connectivity index (χ4n) is 7.20. The van der Waals surface area contributed by atoms with E-state index in [1.54, 1.807) is 0 Å². The molecule has 4 aliphatic rings. The first kappa shape index (κ1) is 15.2. The first-order chi connectivity index (χ1) is 10.4. The van der Waals surface area contributed by atoms with Crippen LogP contribution in [-0.4, -0.2) is 17.0 Å². The van der Waals surface area contributed by atoms with E-state index in [9.17, 15) is 9.90 Å². The fourth-order valence-corrected chi connectivity index (χ4v) is 7.20. The molecule has 4 fully saturated rings. The Morgan fingerprint density at radius 1 is 1.00 bits per heavy atom. The standard InChI is InChI=1S/C20H32O2/c1-19-10-8-14(21)12-13(19)6-7-15-16-4-3-5-18(22)20(16,2)11-9-17(15)19/h13-17,21H,3-12H2,1-2H3. The molecule has 0 heterocycles. The normalized spacial score (nSPS) is 55.0. The van der Waals surface area contributed by atoms with Gasteiger partial charge in [0.05, 0.1) is 6.10 Å². The lowest BCUT2D eigenvalue weighted by molar-refractivity contribution is -0.158. The highest BCUT2D eigenvalue weighted by Crippen LogP contribution is 2.64. The lowest BCUT2D eigenvalue weighted by atomic mass is 9.43. The number of fused-ring (bicyclic) bond motifs is 5. The Balaban J connectivity index is 1.63. The van der Waals surface area contributed by atoms with Gasteiger partial charge in [-0.05, 0) is 86.9 Å². The van der Waals surface area contributed by atoms with Crippen LogP contribution in [0.4, 0.5) is 0 Å². The van der Waals surface area contributed by atoms with E-state index in [1.165, 1.54) is 32.1 Å². The fraction of sp³-hybridized carbons (Fsp3) is 0.950. The molecule has 0 bridgehead atoms. The van der Waals surface area contributed by atoms with Crippen LogP contribution < -0.4 is 0 Å². The van der Waals surface area contributed by atoms with Crippen molar-refractivity contribution in [2.24, 2.45) is 34.5 Å². The molecule has 0 aromatic rings. The van der Waals surface area contributed by atoms with E-state index in [4.69, 9.17) is 0 Å². The molecule has 0 amide bonds. The first-order valence-electron chi connectivity index (χ1n) is 9.66. The lowest BCUT2D eigenvalue weighted by Gasteiger charge is -2.61. The number of carbonyl (C=O) groups excluding carboxylic acids is 1. The van der Waals surface area contributed by atoms with E-state index >= 15 is 0 Å². The molecule has 7 atom stereocenters. The van der Waals surface area contributed by atoms with Gasteiger partial charge in [-0.3, -0.25) is 4.79 Å². The van der Waals surface area contributed by atoms with Gasteiger partial charge >= 0.3 is 0 Å². The van der Waals surface area contributed by atoms with E-state index in [2.05, 4.69) is 13.8 Å². The van der Waals surface area contributed by atoms with E-state index in [0.717, 1.165) is 49.9 Å². The summed E-state index contributed by atoms with van der Waals surface area (Å²) in [6, 6.07) is 0. The summed E-state index contributed by atoms with van der Waals surface area (Å²) < 4.78 is 0. The minimum Gasteiger partial charge on any atom is -0.393 e. The van der Waals surface area contributed by atoms with Gasteiger partial charge < -0.3 is 5.11 Å². The molecule has 22 heavy (non-hydrogen) atoms. The molecular weight excluding hydrogens is 272 g/mol. The highest BCUT2D eigenvalue weighted by Gasteiger charge is 2.58. The number of rotatable bonds is 0. The SMILES string of the molecule is CC12CCC3C(CCC4CC(O)CCC43C)C1CCCC2=O. The summed E-state index contributed by atoms with van der Waals surface area (Å²) in [5.41, 5.74) is 0.431. The van der Waals surface area contributed by atoms with Crippen molar-refractivity contribution in [3.8, 4) is 0 Å². The van der Waals surface area contributed by atoms with Crippen molar-refractivity contribution < 1.29 is 9.90 Å². The molecule has 4 aliphatic carbocycles. The minimum absolute atomic E-state index is 0.00318. The Labute approximate surface area is 135 Å². The third-order valence-electron chi connectivity index (χ3n) is 8.58. The molecule has 0 saturated heterocycles. The number of Topliss-reactive ketones (excluding diaryl/α,β-unsaturated/α-hetero) is 1. The number of carbonyl (C=O) groups is 1. The third-order valence-corrected chi connectivity index (χ3v) is 8.58. The van der Waals surface area contributed by atoms with E-state index in [0.29, 0.717) is 17.1 Å². The topological polar surface area (TPSA) is 37.3 Å². The van der Waals surface area contributed by atoms with E-state index in [1.807, 2.05) is 0 Å². The number of aliphatic hydroxyl groups excluding tert-OH is 1. The van der Waals surface area contributed by atoms with E-state index < -0.39 is 0 Å². The summed E-state index contributed by atoms with van der Waals surface area (Å²) in [4.78, 5) is 12.6. The minimum atomic E-state index is -0.0558. The average Bonchev–Trinajstić information content (AvgIpc) is 2.49. The van der Waals surface area contributed by atoms with Crippen LogP contribution in [0.5, 0.6) is 0 Å². The quantitative estimate of drug-likeness (QED) is 0.722. The third kappa shape index (κ3) is 1.98. The average molecular weight is 304 g/mol. The van der Waals surface area contributed by atoms with Gasteiger partial charge in [-0.25, -0.2) is 0 Å². The monoisotopic (exact) mass is 304 g/mol. The van der Waals surface area contributed by atoms with Crippen LogP contribution in [0.15, 0.2) is 0 Å². The van der Waals surface area contributed by atoms with Gasteiger partial charge in [0.25, 0.3) is 0 Å². The number of aliphatic hydroxyl groups is 1. The molecule has 0 aromatic heterocycles. The molecule has 0 radical (unpaired) electrons. The van der Waals surface area contributed by atoms with Crippen molar-refractivity contribution in [1.29, 1.82) is 0 Å². The molecule has 4 saturated carbocycles. The number of hydrogen-bond acceptors (Lipinski definition) is 2. The Kier molecular flexibility index (Phi) is 3.49. The second-order valence-electron chi connectivity index (χ2n) is 9.36. The van der Waals surface area contributed by atoms with Gasteiger partial charge in [0.2, 0.25) is 0 Å². The molecule has 4 rings (SSSR count). The zero-order valence-corrected chi connectivity index (χ0v) is 14.3. The molecular formula is C20H32O2. The molecule has 0 aromatic carbocycles. The molecule has 124 valence electrons. The number of ketones is 1. The van der Waals surface area contributed by atoms with Gasteiger partial charge in [-0.1, -0.05) is 13.8 Å². The second kappa shape index (κ2) is 5.06. The van der Waals surface area contributed by atoms with Crippen molar-refractivity contribution in [2.45, 2.75) is 84.2 Å². The zero-order valence-electron chi connectivity index (χ0n) is 14.3. The zero-order chi connectivity index (χ0) is 15.5. The van der Waals surface area contributed by atoms with Crippen LogP contribution in [-0.2, 0) is 4.79 Å². The molecule has 7 unspecified atom stereocenters. The summed E-state index contributed by atoms with van der Waals surface area (Å²) in [5, 5.41) is 10.1. The maximum absolute atomic E-state index is 12.6. The summed E-state index contributed by atoms with van der Waals surface area (Å²) in [6.45, 7) is 4.81. The van der Waals surface area contributed by atoms with Gasteiger partial charge in [0.15, 0.2) is 0 Å². The summed E-state index contributed by atoms with van der Waals surface area (Å²) in [6.07, 6.45) is 11.4. The predicted molar refractivity (Wildman–Crippen MR) is 87.4 cm³/mol. The highest BCUT2D eigenvalue weighted by atomic mass is 16.3. The van der Waals surface area contributed by atoms with Crippen molar-refractivity contribution in [2.75, 3.05) is 0 Å². The van der Waals surface area contributed by atoms with Gasteiger partial charge in [-0.2, -0.15) is 0 Å². The molecule has 2 nitrogen and oxygen atoms in total. The van der Waals surface area contributed by atoms with Gasteiger partial charge in [0.1, 0.15) is 5.78 Å². The lowest BCUT2D eigenvalue weighted by Crippen LogP contribution is -2.56. The first-order valence-corrected chi connectivity index (χ1v) is 9.66. The van der Waals surface area contributed by atoms with Crippen LogP contribution in [0, 0.1) is 34.5 Å². The maximum Gasteiger partial charge on any atom is 0.139 e. The van der Waals surface area contributed by atoms with Crippen molar-refractivity contribution in [1.82, 2.24) is 0 Å². The molecule has 0 spiro atoms. The van der Waals surface area contributed by atoms with Crippen molar-refractivity contribution in [3.05, 3.63) is 0 Å².